The van der Waals surface area contributed by atoms with Crippen LogP contribution in [-0.4, -0.2) is 7.11 Å². The molecule has 21 heavy (non-hydrogen) atoms. The molecule has 0 bridgehead atoms. The monoisotopic (exact) mass is 281 g/mol. The van der Waals surface area contributed by atoms with E-state index in [-0.39, 0.29) is 6.04 Å². The minimum atomic E-state index is 0.0930. The fraction of sp³-hybridized carbons (Fsp3) is 0.222. The van der Waals surface area contributed by atoms with Crippen LogP contribution in [0.15, 0.2) is 59.0 Å². The minimum Gasteiger partial charge on any atom is -0.459 e. The normalized spacial score (nSPS) is 12.5. The van der Waals surface area contributed by atoms with Crippen LogP contribution in [0.3, 0.4) is 0 Å². The molecule has 0 aliphatic carbocycles. The lowest BCUT2D eigenvalue weighted by atomic mass is 10.1. The Morgan fingerprint density at radius 1 is 1.10 bits per heavy atom. The van der Waals surface area contributed by atoms with Gasteiger partial charge in [0.15, 0.2) is 0 Å². The van der Waals surface area contributed by atoms with E-state index in [1.165, 1.54) is 0 Å². The molecule has 2 aromatic carbocycles. The van der Waals surface area contributed by atoms with Gasteiger partial charge in [0.1, 0.15) is 11.3 Å². The summed E-state index contributed by atoms with van der Waals surface area (Å²) in [4.78, 5) is 0. The fourth-order valence-corrected chi connectivity index (χ4v) is 2.46. The number of nitrogens with one attached hydrogen (secondary N) is 1. The summed E-state index contributed by atoms with van der Waals surface area (Å²) in [7, 11) is 1.71. The molecule has 1 atom stereocenters. The Balaban J connectivity index is 1.84. The van der Waals surface area contributed by atoms with Crippen LogP contribution in [0, 0.1) is 0 Å². The molecule has 3 aromatic rings. The third-order valence-electron chi connectivity index (χ3n) is 3.56. The standard InChI is InChI=1S/C18H19NO2/c1-13(18-11-14-7-4-6-10-17(14)21-18)19-16-9-5-3-8-15(16)12-20-2/h3-11,13,19H,12H2,1-2H3. The van der Waals surface area contributed by atoms with E-state index in [0.717, 1.165) is 28.0 Å². The first-order valence-corrected chi connectivity index (χ1v) is 7.10. The predicted octanol–water partition coefficient (Wildman–Crippen LogP) is 4.75. The number of fused-ring (bicyclic) bond motifs is 1. The lowest BCUT2D eigenvalue weighted by molar-refractivity contribution is 0.185. The molecule has 0 saturated carbocycles. The number of methoxy groups -OCH3 is 1. The zero-order valence-corrected chi connectivity index (χ0v) is 12.3. The Morgan fingerprint density at radius 3 is 2.67 bits per heavy atom. The van der Waals surface area contributed by atoms with Crippen molar-refractivity contribution in [3.05, 3.63) is 65.9 Å². The number of rotatable bonds is 5. The van der Waals surface area contributed by atoms with Crippen LogP contribution in [0.25, 0.3) is 11.0 Å². The molecule has 0 fully saturated rings. The fourth-order valence-electron chi connectivity index (χ4n) is 2.46. The maximum absolute atomic E-state index is 5.91. The van der Waals surface area contributed by atoms with Crippen LogP contribution in [0.2, 0.25) is 0 Å². The first-order valence-electron chi connectivity index (χ1n) is 7.10. The molecule has 0 amide bonds. The lowest BCUT2D eigenvalue weighted by Gasteiger charge is -2.16. The van der Waals surface area contributed by atoms with E-state index >= 15 is 0 Å². The summed E-state index contributed by atoms with van der Waals surface area (Å²) in [6.07, 6.45) is 0. The average Bonchev–Trinajstić information content (AvgIpc) is 2.93. The number of hydrogen-bond acceptors (Lipinski definition) is 3. The number of para-hydroxylation sites is 2. The third kappa shape index (κ3) is 2.93. The predicted molar refractivity (Wildman–Crippen MR) is 85.4 cm³/mol. The van der Waals surface area contributed by atoms with E-state index < -0.39 is 0 Å². The summed E-state index contributed by atoms with van der Waals surface area (Å²) in [5.74, 6) is 0.934. The highest BCUT2D eigenvalue weighted by atomic mass is 16.5. The molecule has 1 N–H and O–H groups in total. The number of anilines is 1. The van der Waals surface area contributed by atoms with Crippen molar-refractivity contribution >= 4 is 16.7 Å². The Hall–Kier alpha value is -2.26. The minimum absolute atomic E-state index is 0.0930. The molecule has 0 aliphatic rings. The molecule has 3 nitrogen and oxygen atoms in total. The number of furan rings is 1. The van der Waals surface area contributed by atoms with Crippen molar-refractivity contribution in [1.29, 1.82) is 0 Å². The summed E-state index contributed by atoms with van der Waals surface area (Å²) < 4.78 is 11.1. The van der Waals surface area contributed by atoms with Gasteiger partial charge in [0.05, 0.1) is 12.6 Å². The zero-order chi connectivity index (χ0) is 14.7. The van der Waals surface area contributed by atoms with Crippen molar-refractivity contribution in [2.24, 2.45) is 0 Å². The molecule has 0 saturated heterocycles. The number of ether oxygens (including phenoxy) is 1. The maximum atomic E-state index is 5.91. The van der Waals surface area contributed by atoms with E-state index in [9.17, 15) is 0 Å². The highest BCUT2D eigenvalue weighted by Gasteiger charge is 2.12. The van der Waals surface area contributed by atoms with Crippen molar-refractivity contribution in [2.45, 2.75) is 19.6 Å². The summed E-state index contributed by atoms with van der Waals surface area (Å²) >= 11 is 0. The molecule has 1 unspecified atom stereocenters. The van der Waals surface area contributed by atoms with Gasteiger partial charge in [0, 0.05) is 23.7 Å². The summed E-state index contributed by atoms with van der Waals surface area (Å²) in [5, 5.41) is 4.63. The summed E-state index contributed by atoms with van der Waals surface area (Å²) in [5.41, 5.74) is 3.14. The van der Waals surface area contributed by atoms with E-state index in [4.69, 9.17) is 9.15 Å². The SMILES string of the molecule is COCc1ccccc1NC(C)c1cc2ccccc2o1. The van der Waals surface area contributed by atoms with Crippen molar-refractivity contribution in [3.63, 3.8) is 0 Å². The Labute approximate surface area is 124 Å². The molecular weight excluding hydrogens is 262 g/mol. The van der Waals surface area contributed by atoms with Gasteiger partial charge in [0.25, 0.3) is 0 Å². The van der Waals surface area contributed by atoms with Crippen molar-refractivity contribution in [3.8, 4) is 0 Å². The van der Waals surface area contributed by atoms with Gasteiger partial charge in [-0.25, -0.2) is 0 Å². The molecule has 1 aromatic heterocycles. The van der Waals surface area contributed by atoms with Crippen LogP contribution in [0.1, 0.15) is 24.3 Å². The highest BCUT2D eigenvalue weighted by Crippen LogP contribution is 2.27. The van der Waals surface area contributed by atoms with Gasteiger partial charge in [-0.1, -0.05) is 36.4 Å². The second-order valence-corrected chi connectivity index (χ2v) is 5.14. The molecule has 1 heterocycles. The quantitative estimate of drug-likeness (QED) is 0.732. The lowest BCUT2D eigenvalue weighted by Crippen LogP contribution is -2.07. The Kier molecular flexibility index (Phi) is 3.93. The number of benzene rings is 2. The van der Waals surface area contributed by atoms with Gasteiger partial charge in [-0.15, -0.1) is 0 Å². The molecule has 0 spiro atoms. The van der Waals surface area contributed by atoms with E-state index in [2.05, 4.69) is 36.5 Å². The second kappa shape index (κ2) is 6.02. The summed E-state index contributed by atoms with van der Waals surface area (Å²) in [6.45, 7) is 2.69. The molecule has 3 rings (SSSR count). The highest BCUT2D eigenvalue weighted by molar-refractivity contribution is 5.77. The van der Waals surface area contributed by atoms with Crippen molar-refractivity contribution < 1.29 is 9.15 Å². The smallest absolute Gasteiger partial charge is 0.134 e. The van der Waals surface area contributed by atoms with Crippen LogP contribution < -0.4 is 5.32 Å². The van der Waals surface area contributed by atoms with Gasteiger partial charge in [-0.2, -0.15) is 0 Å². The van der Waals surface area contributed by atoms with Crippen LogP contribution in [-0.2, 0) is 11.3 Å². The molecular formula is C18H19NO2. The van der Waals surface area contributed by atoms with Crippen molar-refractivity contribution in [1.82, 2.24) is 0 Å². The van der Waals surface area contributed by atoms with Gasteiger partial charge in [-0.05, 0) is 25.1 Å². The molecule has 108 valence electrons. The van der Waals surface area contributed by atoms with Gasteiger partial charge < -0.3 is 14.5 Å². The molecule has 3 heteroatoms. The first kappa shape index (κ1) is 13.7. The zero-order valence-electron chi connectivity index (χ0n) is 12.3. The Morgan fingerprint density at radius 2 is 1.86 bits per heavy atom. The van der Waals surface area contributed by atoms with E-state index in [1.807, 2.05) is 30.3 Å². The number of hydrogen-bond donors (Lipinski definition) is 1. The van der Waals surface area contributed by atoms with Crippen LogP contribution >= 0.6 is 0 Å². The van der Waals surface area contributed by atoms with Gasteiger partial charge in [0.2, 0.25) is 0 Å². The van der Waals surface area contributed by atoms with Gasteiger partial charge in [-0.3, -0.25) is 0 Å². The third-order valence-corrected chi connectivity index (χ3v) is 3.56. The molecule has 0 aliphatic heterocycles. The first-order chi connectivity index (χ1) is 10.3. The van der Waals surface area contributed by atoms with Crippen LogP contribution in [0.4, 0.5) is 5.69 Å². The maximum Gasteiger partial charge on any atom is 0.134 e. The van der Waals surface area contributed by atoms with Gasteiger partial charge >= 0.3 is 0 Å². The molecule has 0 radical (unpaired) electrons. The van der Waals surface area contributed by atoms with Crippen molar-refractivity contribution in [2.75, 3.05) is 12.4 Å². The van der Waals surface area contributed by atoms with E-state index in [1.54, 1.807) is 7.11 Å². The topological polar surface area (TPSA) is 34.4 Å². The largest absolute Gasteiger partial charge is 0.459 e. The van der Waals surface area contributed by atoms with E-state index in [0.29, 0.717) is 6.61 Å². The Bertz CT molecular complexity index is 700. The summed E-state index contributed by atoms with van der Waals surface area (Å²) in [6, 6.07) is 18.4. The average molecular weight is 281 g/mol. The second-order valence-electron chi connectivity index (χ2n) is 5.14. The van der Waals surface area contributed by atoms with Crippen LogP contribution in [0.5, 0.6) is 0 Å².